The number of tetrazole rings is 1. The molecule has 0 aromatic carbocycles. The molecule has 3 atom stereocenters. The molecule has 2 amide bonds. The number of hydrogen-bond donors (Lipinski definition) is 2. The van der Waals surface area contributed by atoms with Crippen molar-refractivity contribution in [3.05, 3.63) is 35.1 Å². The number of β-lactam (4-membered cyclic amide) rings is 1. The standard InChI is InChI=1S/C17H17N7O4S3/c1-8(25)19-17(2)12(30-16-20-21-22-23(16)3)10(15(27)28)24-13(26)11(14(24)31-17)29-9-4-6-18-7-5-9/h4-7,11,14H,1-3H3,(H,19,25)(H,27,28)/t11?,14-,17?/m1/s1. The first-order valence-electron chi connectivity index (χ1n) is 8.96. The molecule has 2 aromatic heterocycles. The number of nitrogens with zero attached hydrogens (tertiary/aromatic N) is 6. The third-order valence-corrected chi connectivity index (χ3v) is 8.94. The van der Waals surface area contributed by atoms with Gasteiger partial charge in [0.25, 0.3) is 0 Å². The van der Waals surface area contributed by atoms with E-state index in [9.17, 15) is 19.5 Å². The summed E-state index contributed by atoms with van der Waals surface area (Å²) >= 11 is 3.67. The van der Waals surface area contributed by atoms with Crippen LogP contribution in [-0.4, -0.2) is 68.5 Å². The fourth-order valence-electron chi connectivity index (χ4n) is 3.26. The van der Waals surface area contributed by atoms with Crippen LogP contribution in [0, 0.1) is 0 Å². The molecule has 14 heteroatoms. The average Bonchev–Trinajstić information content (AvgIpc) is 3.12. The SMILES string of the molecule is CC(=O)NC1(C)S[C@@H]2C(Sc3ccncc3)C(=O)N2C(C(=O)O)=C1Sc1nnnn1C. The highest BCUT2D eigenvalue weighted by atomic mass is 32.2. The molecule has 31 heavy (non-hydrogen) atoms. The van der Waals surface area contributed by atoms with E-state index < -0.39 is 21.5 Å². The van der Waals surface area contributed by atoms with Crippen molar-refractivity contribution in [2.45, 2.75) is 39.4 Å². The number of nitrogens with one attached hydrogen (secondary N) is 1. The van der Waals surface area contributed by atoms with Crippen LogP contribution in [0.15, 0.2) is 45.2 Å². The number of amides is 2. The maximum Gasteiger partial charge on any atom is 0.353 e. The minimum atomic E-state index is -1.26. The van der Waals surface area contributed by atoms with Gasteiger partial charge in [0.05, 0.1) is 4.91 Å². The highest BCUT2D eigenvalue weighted by Crippen LogP contribution is 2.56. The Morgan fingerprint density at radius 1 is 1.32 bits per heavy atom. The topological polar surface area (TPSA) is 143 Å². The first kappa shape index (κ1) is 21.6. The normalized spacial score (nSPS) is 25.1. The van der Waals surface area contributed by atoms with E-state index in [-0.39, 0.29) is 22.4 Å². The molecule has 2 aliphatic rings. The van der Waals surface area contributed by atoms with Crippen LogP contribution in [0.5, 0.6) is 0 Å². The van der Waals surface area contributed by atoms with Crippen LogP contribution >= 0.6 is 35.3 Å². The highest BCUT2D eigenvalue weighted by Gasteiger charge is 2.59. The zero-order valence-corrected chi connectivity index (χ0v) is 19.0. The first-order chi connectivity index (χ1) is 14.7. The molecule has 0 spiro atoms. The van der Waals surface area contributed by atoms with Gasteiger partial charge in [0.2, 0.25) is 17.0 Å². The van der Waals surface area contributed by atoms with Crippen molar-refractivity contribution in [3.63, 3.8) is 0 Å². The van der Waals surface area contributed by atoms with Gasteiger partial charge in [-0.3, -0.25) is 19.5 Å². The van der Waals surface area contributed by atoms with E-state index in [1.165, 1.54) is 40.0 Å². The van der Waals surface area contributed by atoms with Crippen molar-refractivity contribution in [1.29, 1.82) is 0 Å². The number of aryl methyl sites for hydroxylation is 1. The van der Waals surface area contributed by atoms with Crippen LogP contribution in [0.4, 0.5) is 0 Å². The predicted molar refractivity (Wildman–Crippen MR) is 114 cm³/mol. The van der Waals surface area contributed by atoms with Gasteiger partial charge in [0.1, 0.15) is 21.2 Å². The summed E-state index contributed by atoms with van der Waals surface area (Å²) in [5.74, 6) is -1.90. The van der Waals surface area contributed by atoms with Gasteiger partial charge in [0, 0.05) is 31.3 Å². The van der Waals surface area contributed by atoms with Crippen molar-refractivity contribution in [1.82, 2.24) is 35.4 Å². The summed E-state index contributed by atoms with van der Waals surface area (Å²) in [6, 6.07) is 3.58. The zero-order chi connectivity index (χ0) is 22.3. The number of hydrogen-bond acceptors (Lipinski definition) is 10. The molecule has 0 bridgehead atoms. The van der Waals surface area contributed by atoms with Gasteiger partial charge in [-0.05, 0) is 41.2 Å². The number of thioether (sulfide) groups is 3. The third-order valence-electron chi connectivity index (χ3n) is 4.54. The Bertz CT molecular complexity index is 1090. The van der Waals surface area contributed by atoms with Crippen molar-refractivity contribution in [2.75, 3.05) is 0 Å². The average molecular weight is 480 g/mol. The number of aliphatic carboxylic acids is 1. The molecular formula is C17H17N7O4S3. The number of carbonyl (C=O) groups is 3. The van der Waals surface area contributed by atoms with E-state index >= 15 is 0 Å². The van der Waals surface area contributed by atoms with E-state index in [4.69, 9.17) is 0 Å². The Labute approximate surface area is 189 Å². The molecule has 2 N–H and O–H groups in total. The first-order valence-corrected chi connectivity index (χ1v) is 11.5. The van der Waals surface area contributed by atoms with Gasteiger partial charge in [-0.2, -0.15) is 0 Å². The Morgan fingerprint density at radius 3 is 2.61 bits per heavy atom. The van der Waals surface area contributed by atoms with Gasteiger partial charge in [-0.25, -0.2) is 9.48 Å². The second-order valence-electron chi connectivity index (χ2n) is 6.82. The van der Waals surface area contributed by atoms with E-state index in [2.05, 4.69) is 25.8 Å². The molecule has 2 aliphatic heterocycles. The summed E-state index contributed by atoms with van der Waals surface area (Å²) in [6.07, 6.45) is 3.26. The molecule has 11 nitrogen and oxygen atoms in total. The second-order valence-corrected chi connectivity index (χ2v) is 10.6. The fourth-order valence-corrected chi connectivity index (χ4v) is 7.29. The Kier molecular flexibility index (Phi) is 5.70. The summed E-state index contributed by atoms with van der Waals surface area (Å²) in [5, 5.41) is 23.5. The van der Waals surface area contributed by atoms with Crippen LogP contribution in [-0.2, 0) is 21.4 Å². The summed E-state index contributed by atoms with van der Waals surface area (Å²) < 4.78 is 1.39. The maximum absolute atomic E-state index is 13.0. The number of carboxylic acids is 1. The summed E-state index contributed by atoms with van der Waals surface area (Å²) in [7, 11) is 1.62. The third kappa shape index (κ3) is 3.90. The van der Waals surface area contributed by atoms with E-state index in [1.807, 2.05) is 0 Å². The number of fused-ring (bicyclic) bond motifs is 1. The van der Waals surface area contributed by atoms with Crippen LogP contribution in [0.3, 0.4) is 0 Å². The highest BCUT2D eigenvalue weighted by molar-refractivity contribution is 8.08. The maximum atomic E-state index is 13.0. The quantitative estimate of drug-likeness (QED) is 0.571. The lowest BCUT2D eigenvalue weighted by Gasteiger charge is -2.53. The number of carbonyl (C=O) groups excluding carboxylic acids is 2. The molecule has 2 unspecified atom stereocenters. The molecule has 162 valence electrons. The minimum Gasteiger partial charge on any atom is -0.477 e. The van der Waals surface area contributed by atoms with Gasteiger partial charge in [-0.15, -0.1) is 28.6 Å². The van der Waals surface area contributed by atoms with E-state index in [0.717, 1.165) is 16.7 Å². The molecular weight excluding hydrogens is 462 g/mol. The molecule has 4 rings (SSSR count). The zero-order valence-electron chi connectivity index (χ0n) is 16.5. The minimum absolute atomic E-state index is 0.176. The van der Waals surface area contributed by atoms with Crippen LogP contribution in [0.25, 0.3) is 0 Å². The molecule has 0 radical (unpaired) electrons. The predicted octanol–water partition coefficient (Wildman–Crippen LogP) is 0.922. The van der Waals surface area contributed by atoms with Crippen LogP contribution in [0.1, 0.15) is 13.8 Å². The van der Waals surface area contributed by atoms with Gasteiger partial charge in [-0.1, -0.05) is 0 Å². The second kappa shape index (κ2) is 8.16. The van der Waals surface area contributed by atoms with Crippen LogP contribution in [0.2, 0.25) is 0 Å². The molecule has 2 aromatic rings. The Balaban J connectivity index is 1.76. The van der Waals surface area contributed by atoms with Gasteiger partial charge >= 0.3 is 5.97 Å². The molecule has 1 saturated heterocycles. The monoisotopic (exact) mass is 479 g/mol. The number of aromatic nitrogens is 5. The van der Waals surface area contributed by atoms with Gasteiger partial charge in [0.15, 0.2) is 0 Å². The molecule has 0 saturated carbocycles. The summed E-state index contributed by atoms with van der Waals surface area (Å²) in [6.45, 7) is 3.09. The van der Waals surface area contributed by atoms with Crippen molar-refractivity contribution in [3.8, 4) is 0 Å². The Morgan fingerprint density at radius 2 is 2.03 bits per heavy atom. The number of rotatable bonds is 6. The molecule has 1 fully saturated rings. The molecule has 4 heterocycles. The summed E-state index contributed by atoms with van der Waals surface area (Å²) in [4.78, 5) is 42.6. The van der Waals surface area contributed by atoms with Crippen molar-refractivity contribution < 1.29 is 19.5 Å². The largest absolute Gasteiger partial charge is 0.477 e. The van der Waals surface area contributed by atoms with Gasteiger partial charge < -0.3 is 10.4 Å². The van der Waals surface area contributed by atoms with Crippen molar-refractivity contribution >= 4 is 53.1 Å². The van der Waals surface area contributed by atoms with Crippen LogP contribution < -0.4 is 5.32 Å². The van der Waals surface area contributed by atoms with E-state index in [0.29, 0.717) is 5.16 Å². The summed E-state index contributed by atoms with van der Waals surface area (Å²) in [5.41, 5.74) is -0.176. The number of pyridine rings is 1. The smallest absolute Gasteiger partial charge is 0.353 e. The van der Waals surface area contributed by atoms with Crippen molar-refractivity contribution in [2.24, 2.45) is 7.05 Å². The van der Waals surface area contributed by atoms with E-state index in [1.54, 1.807) is 38.5 Å². The lowest BCUT2D eigenvalue weighted by molar-refractivity contribution is -0.145. The Hall–Kier alpha value is -2.58. The molecule has 0 aliphatic carbocycles. The number of carboxylic acid groups (broad SMARTS) is 1. The fraction of sp³-hybridized carbons (Fsp3) is 0.353. The lowest BCUT2D eigenvalue weighted by Crippen LogP contribution is -2.67. The lowest BCUT2D eigenvalue weighted by atomic mass is 10.1.